The zero-order valence-corrected chi connectivity index (χ0v) is 10.3. The van der Waals surface area contributed by atoms with Crippen molar-refractivity contribution in [3.63, 3.8) is 0 Å². The number of benzene rings is 1. The molecular formula is C10H11FN4O2S. The zero-order chi connectivity index (χ0) is 13.3. The smallest absolute Gasteiger partial charge is 0.262 e. The van der Waals surface area contributed by atoms with Gasteiger partial charge in [0.05, 0.1) is 16.8 Å². The van der Waals surface area contributed by atoms with Gasteiger partial charge in [0.2, 0.25) is 0 Å². The summed E-state index contributed by atoms with van der Waals surface area (Å²) in [5, 5.41) is 6.06. The topological polar surface area (TPSA) is 101 Å². The first-order valence-corrected chi connectivity index (χ1v) is 6.45. The van der Waals surface area contributed by atoms with E-state index >= 15 is 0 Å². The second kappa shape index (κ2) is 4.30. The Kier molecular flexibility index (Phi) is 2.95. The lowest BCUT2D eigenvalue weighted by atomic mass is 10.2. The van der Waals surface area contributed by atoms with Crippen LogP contribution in [0.1, 0.15) is 5.56 Å². The maximum atomic E-state index is 13.5. The summed E-state index contributed by atoms with van der Waals surface area (Å²) < 4.78 is 39.6. The van der Waals surface area contributed by atoms with Gasteiger partial charge in [-0.1, -0.05) is 0 Å². The van der Waals surface area contributed by atoms with E-state index in [1.165, 1.54) is 25.4 Å². The number of anilines is 2. The summed E-state index contributed by atoms with van der Waals surface area (Å²) in [7, 11) is -3.87. The molecule has 1 heterocycles. The van der Waals surface area contributed by atoms with Gasteiger partial charge in [-0.3, -0.25) is 9.82 Å². The normalized spacial score (nSPS) is 11.4. The highest BCUT2D eigenvalue weighted by Crippen LogP contribution is 2.22. The predicted molar refractivity (Wildman–Crippen MR) is 64.9 cm³/mol. The molecule has 0 spiro atoms. The average Bonchev–Trinajstić information content (AvgIpc) is 2.77. The third-order valence-corrected chi connectivity index (χ3v) is 3.78. The third kappa shape index (κ3) is 2.28. The summed E-state index contributed by atoms with van der Waals surface area (Å²) in [6.07, 6.45) is 2.66. The SMILES string of the molecule is Cc1c(N)cc(S(=O)(=O)Nc2cn[nH]c2)cc1F. The third-order valence-electron chi connectivity index (χ3n) is 2.42. The van der Waals surface area contributed by atoms with E-state index in [0.717, 1.165) is 6.07 Å². The summed E-state index contributed by atoms with van der Waals surface area (Å²) in [4.78, 5) is -0.232. The molecule has 4 N–H and O–H groups in total. The highest BCUT2D eigenvalue weighted by molar-refractivity contribution is 7.92. The Bertz CT molecular complexity index is 644. The molecule has 1 aromatic carbocycles. The van der Waals surface area contributed by atoms with Crippen LogP contribution in [0.4, 0.5) is 15.8 Å². The minimum atomic E-state index is -3.87. The van der Waals surface area contributed by atoms with Crippen molar-refractivity contribution in [3.8, 4) is 0 Å². The van der Waals surface area contributed by atoms with Crippen molar-refractivity contribution in [2.24, 2.45) is 0 Å². The molecule has 0 aliphatic heterocycles. The summed E-state index contributed by atoms with van der Waals surface area (Å²) in [6, 6.07) is 2.13. The number of aromatic nitrogens is 2. The molecule has 0 amide bonds. The van der Waals surface area contributed by atoms with Crippen LogP contribution in [0.3, 0.4) is 0 Å². The molecule has 0 radical (unpaired) electrons. The highest BCUT2D eigenvalue weighted by Gasteiger charge is 2.17. The summed E-state index contributed by atoms with van der Waals surface area (Å²) in [6.45, 7) is 1.48. The van der Waals surface area contributed by atoms with Crippen LogP contribution in [0.15, 0.2) is 29.4 Å². The van der Waals surface area contributed by atoms with E-state index in [1.54, 1.807) is 0 Å². The number of aromatic amines is 1. The van der Waals surface area contributed by atoms with Crippen LogP contribution in [0.25, 0.3) is 0 Å². The van der Waals surface area contributed by atoms with Crippen molar-refractivity contribution < 1.29 is 12.8 Å². The number of hydrogen-bond donors (Lipinski definition) is 3. The van der Waals surface area contributed by atoms with E-state index in [1.807, 2.05) is 0 Å². The molecule has 0 aliphatic rings. The lowest BCUT2D eigenvalue weighted by Gasteiger charge is -2.08. The number of nitrogens with two attached hydrogens (primary N) is 1. The predicted octanol–water partition coefficient (Wildman–Crippen LogP) is 1.24. The fraction of sp³-hybridized carbons (Fsp3) is 0.100. The van der Waals surface area contributed by atoms with Crippen LogP contribution < -0.4 is 10.5 Å². The number of nitrogens with one attached hydrogen (secondary N) is 2. The fourth-order valence-electron chi connectivity index (χ4n) is 1.35. The molecular weight excluding hydrogens is 259 g/mol. The van der Waals surface area contributed by atoms with Crippen molar-refractivity contribution in [3.05, 3.63) is 35.9 Å². The minimum absolute atomic E-state index is 0.0857. The number of sulfonamides is 1. The number of nitrogens with zero attached hydrogens (tertiary/aromatic N) is 1. The van der Waals surface area contributed by atoms with Crippen molar-refractivity contribution in [1.29, 1.82) is 0 Å². The standard InChI is InChI=1S/C10H11FN4O2S/c1-6-9(11)2-8(3-10(6)12)18(16,17)15-7-4-13-14-5-7/h2-5,15H,12H2,1H3,(H,13,14). The number of nitrogen functional groups attached to an aromatic ring is 1. The number of H-pyrrole nitrogens is 1. The summed E-state index contributed by atoms with van der Waals surface area (Å²) in [5.41, 5.74) is 6.11. The highest BCUT2D eigenvalue weighted by atomic mass is 32.2. The van der Waals surface area contributed by atoms with E-state index in [0.29, 0.717) is 0 Å². The number of halogens is 1. The Balaban J connectivity index is 2.42. The lowest BCUT2D eigenvalue weighted by molar-refractivity contribution is 0.593. The van der Waals surface area contributed by atoms with E-state index in [2.05, 4.69) is 14.9 Å². The van der Waals surface area contributed by atoms with Gasteiger partial charge in [0.1, 0.15) is 5.82 Å². The summed E-state index contributed by atoms with van der Waals surface area (Å²) in [5.74, 6) is -0.664. The molecule has 0 saturated heterocycles. The number of hydrogen-bond acceptors (Lipinski definition) is 4. The van der Waals surface area contributed by atoms with Gasteiger partial charge in [0.15, 0.2) is 0 Å². The minimum Gasteiger partial charge on any atom is -0.398 e. The van der Waals surface area contributed by atoms with Crippen molar-refractivity contribution >= 4 is 21.4 Å². The van der Waals surface area contributed by atoms with Gasteiger partial charge in [-0.25, -0.2) is 12.8 Å². The monoisotopic (exact) mass is 270 g/mol. The Morgan fingerprint density at radius 2 is 2.17 bits per heavy atom. The van der Waals surface area contributed by atoms with Crippen LogP contribution in [-0.4, -0.2) is 18.6 Å². The fourth-order valence-corrected chi connectivity index (χ4v) is 2.43. The first kappa shape index (κ1) is 12.4. The van der Waals surface area contributed by atoms with E-state index in [4.69, 9.17) is 5.73 Å². The zero-order valence-electron chi connectivity index (χ0n) is 9.44. The van der Waals surface area contributed by atoms with Crippen LogP contribution in [0.2, 0.25) is 0 Å². The van der Waals surface area contributed by atoms with Crippen molar-refractivity contribution in [2.75, 3.05) is 10.5 Å². The second-order valence-electron chi connectivity index (χ2n) is 3.71. The van der Waals surface area contributed by atoms with Crippen LogP contribution in [0, 0.1) is 12.7 Å². The van der Waals surface area contributed by atoms with E-state index in [9.17, 15) is 12.8 Å². The molecule has 1 aromatic heterocycles. The molecule has 2 rings (SSSR count). The van der Waals surface area contributed by atoms with Crippen LogP contribution in [0.5, 0.6) is 0 Å². The molecule has 0 aliphatic carbocycles. The van der Waals surface area contributed by atoms with Crippen molar-refractivity contribution in [2.45, 2.75) is 11.8 Å². The van der Waals surface area contributed by atoms with Crippen LogP contribution in [-0.2, 0) is 10.0 Å². The molecule has 8 heteroatoms. The van der Waals surface area contributed by atoms with Gasteiger partial charge in [-0.05, 0) is 19.1 Å². The Hall–Kier alpha value is -2.09. The lowest BCUT2D eigenvalue weighted by Crippen LogP contribution is -2.13. The van der Waals surface area contributed by atoms with Gasteiger partial charge >= 0.3 is 0 Å². The van der Waals surface area contributed by atoms with E-state index < -0.39 is 15.8 Å². The molecule has 0 unspecified atom stereocenters. The van der Waals surface area contributed by atoms with E-state index in [-0.39, 0.29) is 21.8 Å². The molecule has 2 aromatic rings. The Labute approximate surface area is 103 Å². The molecule has 0 fully saturated rings. The first-order valence-electron chi connectivity index (χ1n) is 4.97. The Morgan fingerprint density at radius 1 is 1.44 bits per heavy atom. The maximum Gasteiger partial charge on any atom is 0.262 e. The first-order chi connectivity index (χ1) is 8.40. The summed E-state index contributed by atoms with van der Waals surface area (Å²) >= 11 is 0. The Morgan fingerprint density at radius 3 is 2.72 bits per heavy atom. The largest absolute Gasteiger partial charge is 0.398 e. The molecule has 0 bridgehead atoms. The van der Waals surface area contributed by atoms with Gasteiger partial charge in [-0.2, -0.15) is 5.10 Å². The quantitative estimate of drug-likeness (QED) is 0.730. The maximum absolute atomic E-state index is 13.5. The molecule has 18 heavy (non-hydrogen) atoms. The second-order valence-corrected chi connectivity index (χ2v) is 5.39. The van der Waals surface area contributed by atoms with Crippen molar-refractivity contribution in [1.82, 2.24) is 10.2 Å². The van der Waals surface area contributed by atoms with Gasteiger partial charge in [0, 0.05) is 17.4 Å². The molecule has 96 valence electrons. The molecule has 6 nitrogen and oxygen atoms in total. The van der Waals surface area contributed by atoms with Gasteiger partial charge in [0.25, 0.3) is 10.0 Å². The molecule has 0 saturated carbocycles. The van der Waals surface area contributed by atoms with Gasteiger partial charge < -0.3 is 5.73 Å². The molecule has 0 atom stereocenters. The van der Waals surface area contributed by atoms with Crippen LogP contribution >= 0.6 is 0 Å². The van der Waals surface area contributed by atoms with Gasteiger partial charge in [-0.15, -0.1) is 0 Å². The number of rotatable bonds is 3. The average molecular weight is 270 g/mol.